The molecular formula is C35H38F2N4O5. The summed E-state index contributed by atoms with van der Waals surface area (Å²) in [5, 5.41) is 16.2. The molecule has 0 spiro atoms. The van der Waals surface area contributed by atoms with Gasteiger partial charge >= 0.3 is 5.97 Å². The van der Waals surface area contributed by atoms with Gasteiger partial charge in [-0.1, -0.05) is 13.8 Å². The van der Waals surface area contributed by atoms with Crippen LogP contribution in [-0.2, 0) is 5.54 Å². The molecule has 0 saturated carbocycles. The van der Waals surface area contributed by atoms with Gasteiger partial charge in [0.05, 0.1) is 34.1 Å². The third kappa shape index (κ3) is 7.77. The Bertz CT molecular complexity index is 1690. The number of carbonyl (C=O) groups is 3. The molecule has 242 valence electrons. The van der Waals surface area contributed by atoms with E-state index in [0.29, 0.717) is 42.9 Å². The van der Waals surface area contributed by atoms with Crippen molar-refractivity contribution in [1.29, 1.82) is 0 Å². The summed E-state index contributed by atoms with van der Waals surface area (Å²) in [7, 11) is 0. The Morgan fingerprint density at radius 3 is 2.13 bits per heavy atom. The number of amides is 2. The quantitative estimate of drug-likeness (QED) is 0.222. The number of hydrogen-bond donors (Lipinski definition) is 2. The molecule has 1 aliphatic rings. The van der Waals surface area contributed by atoms with Crippen LogP contribution in [0.15, 0.2) is 72.9 Å². The lowest BCUT2D eigenvalue weighted by molar-refractivity contribution is 0.0591. The second kappa shape index (κ2) is 14.4. The smallest absolute Gasteiger partial charge is 0.335 e. The Kier molecular flexibility index (Phi) is 10.6. The van der Waals surface area contributed by atoms with Crippen LogP contribution in [0.2, 0.25) is 0 Å². The molecule has 11 heteroatoms. The summed E-state index contributed by atoms with van der Waals surface area (Å²) in [5.41, 5.74) is 1.07. The van der Waals surface area contributed by atoms with Gasteiger partial charge in [0.25, 0.3) is 11.8 Å². The predicted molar refractivity (Wildman–Crippen MR) is 171 cm³/mol. The number of anilines is 1. The molecule has 5 rings (SSSR count). The Labute approximate surface area is 266 Å². The molecule has 2 N–H and O–H groups in total. The minimum atomic E-state index is -1.02. The van der Waals surface area contributed by atoms with Crippen LogP contribution in [0.4, 0.5) is 14.5 Å². The second-order valence-electron chi connectivity index (χ2n) is 11.6. The highest BCUT2D eigenvalue weighted by Gasteiger charge is 2.28. The van der Waals surface area contributed by atoms with Crippen molar-refractivity contribution < 1.29 is 33.0 Å². The van der Waals surface area contributed by atoms with Crippen LogP contribution in [0.25, 0.3) is 11.3 Å². The lowest BCUT2D eigenvalue weighted by Crippen LogP contribution is -2.42. The molecule has 2 heterocycles. The van der Waals surface area contributed by atoms with Crippen LogP contribution >= 0.6 is 0 Å². The zero-order valence-electron chi connectivity index (χ0n) is 26.5. The van der Waals surface area contributed by atoms with Gasteiger partial charge < -0.3 is 20.1 Å². The van der Waals surface area contributed by atoms with Crippen molar-refractivity contribution >= 4 is 23.5 Å². The Morgan fingerprint density at radius 1 is 0.913 bits per heavy atom. The fourth-order valence-corrected chi connectivity index (χ4v) is 5.09. The molecule has 46 heavy (non-hydrogen) atoms. The van der Waals surface area contributed by atoms with E-state index in [4.69, 9.17) is 9.84 Å². The number of hydrogen-bond acceptors (Lipinski definition) is 5. The fourth-order valence-electron chi connectivity index (χ4n) is 5.09. The molecule has 1 saturated heterocycles. The SMILES string of the molecule is CC.CC(C)(C)n1ncc(C(=O)Nc2ccc(F)c(C(=O)N3CCC(Oc4ccc(C(=O)O)cc4)CC3)c2)c1-c1ccc(F)cc1. The highest BCUT2D eigenvalue weighted by Crippen LogP contribution is 2.30. The number of carboxylic acid groups (broad SMARTS) is 1. The lowest BCUT2D eigenvalue weighted by atomic mass is 10.0. The lowest BCUT2D eigenvalue weighted by Gasteiger charge is -2.32. The van der Waals surface area contributed by atoms with Gasteiger partial charge in [0.15, 0.2) is 0 Å². The number of rotatable bonds is 7. The van der Waals surface area contributed by atoms with E-state index in [1.54, 1.807) is 28.9 Å². The number of nitrogens with zero attached hydrogens (tertiary/aromatic N) is 3. The summed E-state index contributed by atoms with van der Waals surface area (Å²) in [6.45, 7) is 10.5. The largest absolute Gasteiger partial charge is 0.490 e. The maximum absolute atomic E-state index is 14.9. The molecule has 0 aliphatic carbocycles. The number of aromatic carboxylic acids is 1. The number of aromatic nitrogens is 2. The Hall–Kier alpha value is -5.06. The number of halogens is 2. The first-order valence-electron chi connectivity index (χ1n) is 15.2. The average molecular weight is 633 g/mol. The first-order valence-corrected chi connectivity index (χ1v) is 15.2. The maximum Gasteiger partial charge on any atom is 0.335 e. The molecule has 0 radical (unpaired) electrons. The summed E-state index contributed by atoms with van der Waals surface area (Å²) in [6, 6.07) is 15.7. The van der Waals surface area contributed by atoms with Crippen molar-refractivity contribution in [1.82, 2.24) is 14.7 Å². The summed E-state index contributed by atoms with van der Waals surface area (Å²) >= 11 is 0. The minimum absolute atomic E-state index is 0.159. The number of carbonyl (C=O) groups excluding carboxylic acids is 2. The maximum atomic E-state index is 14.9. The number of carboxylic acids is 1. The van der Waals surface area contributed by atoms with Crippen molar-refractivity contribution in [2.45, 2.75) is 59.1 Å². The number of piperidine rings is 1. The molecule has 4 aromatic rings. The number of benzene rings is 3. The molecule has 0 atom stereocenters. The van der Waals surface area contributed by atoms with E-state index >= 15 is 0 Å². The molecule has 1 fully saturated rings. The van der Waals surface area contributed by atoms with Crippen LogP contribution in [-0.4, -0.2) is 56.8 Å². The van der Waals surface area contributed by atoms with Crippen LogP contribution in [0, 0.1) is 11.6 Å². The number of likely N-dealkylation sites (tertiary alicyclic amines) is 1. The topological polar surface area (TPSA) is 114 Å². The third-order valence-corrected chi connectivity index (χ3v) is 7.35. The highest BCUT2D eigenvalue weighted by atomic mass is 19.1. The van der Waals surface area contributed by atoms with Gasteiger partial charge in [0.2, 0.25) is 0 Å². The molecular weight excluding hydrogens is 594 g/mol. The number of nitrogens with one attached hydrogen (secondary N) is 1. The van der Waals surface area contributed by atoms with Crippen molar-refractivity contribution in [3.8, 4) is 17.0 Å². The molecule has 0 unspecified atom stereocenters. The van der Waals surface area contributed by atoms with Gasteiger partial charge in [0, 0.05) is 37.2 Å². The monoisotopic (exact) mass is 632 g/mol. The van der Waals surface area contributed by atoms with E-state index < -0.39 is 35.0 Å². The van der Waals surface area contributed by atoms with Gasteiger partial charge in [0.1, 0.15) is 23.5 Å². The molecule has 1 aliphatic heterocycles. The Morgan fingerprint density at radius 2 is 1.54 bits per heavy atom. The normalized spacial score (nSPS) is 13.4. The van der Waals surface area contributed by atoms with E-state index in [-0.39, 0.29) is 28.5 Å². The van der Waals surface area contributed by atoms with Crippen LogP contribution < -0.4 is 10.1 Å². The molecule has 1 aromatic heterocycles. The summed E-state index contributed by atoms with van der Waals surface area (Å²) in [6.07, 6.45) is 2.26. The van der Waals surface area contributed by atoms with Crippen molar-refractivity contribution in [2.75, 3.05) is 18.4 Å². The molecule has 9 nitrogen and oxygen atoms in total. The van der Waals surface area contributed by atoms with E-state index in [1.165, 1.54) is 47.5 Å². The summed E-state index contributed by atoms with van der Waals surface area (Å²) in [4.78, 5) is 39.4. The second-order valence-corrected chi connectivity index (χ2v) is 11.6. The highest BCUT2D eigenvalue weighted by molar-refractivity contribution is 6.08. The first-order chi connectivity index (χ1) is 21.9. The van der Waals surface area contributed by atoms with Crippen molar-refractivity contribution in [3.05, 3.63) is 101 Å². The van der Waals surface area contributed by atoms with Crippen molar-refractivity contribution in [2.24, 2.45) is 0 Å². The van der Waals surface area contributed by atoms with E-state index in [0.717, 1.165) is 6.07 Å². The molecule has 2 amide bonds. The van der Waals surface area contributed by atoms with Crippen molar-refractivity contribution in [3.63, 3.8) is 0 Å². The van der Waals surface area contributed by atoms with Crippen LogP contribution in [0.3, 0.4) is 0 Å². The number of ether oxygens (including phenoxy) is 1. The van der Waals surface area contributed by atoms with E-state index in [9.17, 15) is 23.2 Å². The average Bonchev–Trinajstić information content (AvgIpc) is 3.50. The van der Waals surface area contributed by atoms with Crippen LogP contribution in [0.5, 0.6) is 5.75 Å². The first kappa shape index (κ1) is 33.8. The fraction of sp³-hybridized carbons (Fsp3) is 0.314. The van der Waals surface area contributed by atoms with Gasteiger partial charge in [-0.25, -0.2) is 13.6 Å². The molecule has 0 bridgehead atoms. The van der Waals surface area contributed by atoms with Gasteiger partial charge in [-0.3, -0.25) is 14.3 Å². The summed E-state index contributed by atoms with van der Waals surface area (Å²) in [5.74, 6) is -2.63. The summed E-state index contributed by atoms with van der Waals surface area (Å²) < 4.78 is 36.1. The van der Waals surface area contributed by atoms with Gasteiger partial charge in [-0.05, 0) is 87.5 Å². The third-order valence-electron chi connectivity index (χ3n) is 7.35. The van der Waals surface area contributed by atoms with Crippen LogP contribution in [0.1, 0.15) is 78.5 Å². The van der Waals surface area contributed by atoms with Gasteiger partial charge in [-0.2, -0.15) is 5.10 Å². The minimum Gasteiger partial charge on any atom is -0.490 e. The Balaban J connectivity index is 0.00000235. The van der Waals surface area contributed by atoms with E-state index in [1.807, 2.05) is 34.6 Å². The predicted octanol–water partition coefficient (Wildman–Crippen LogP) is 7.24. The standard InChI is InChI=1S/C33H32F2N4O5.C2H6/c1-33(2,3)39-29(20-4-8-22(34)9-5-20)27(19-36-39)30(40)37-23-10-13-28(35)26(18-23)31(41)38-16-14-25(15-17-38)44-24-11-6-21(7-12-24)32(42)43;1-2/h4-13,18-19,25H,14-17H2,1-3H3,(H,37,40)(H,42,43);1-2H3. The molecule has 3 aromatic carbocycles. The zero-order chi connectivity index (χ0) is 33.6. The zero-order valence-corrected chi connectivity index (χ0v) is 26.5. The van der Waals surface area contributed by atoms with Gasteiger partial charge in [-0.15, -0.1) is 0 Å². The van der Waals surface area contributed by atoms with E-state index in [2.05, 4.69) is 10.4 Å².